The minimum atomic E-state index is -0.926. The topological polar surface area (TPSA) is 102 Å². The van der Waals surface area contributed by atoms with Crippen LogP contribution in [-0.2, 0) is 14.4 Å². The fourth-order valence-electron chi connectivity index (χ4n) is 1.62. The molecule has 0 unspecified atom stereocenters. The Labute approximate surface area is 123 Å². The van der Waals surface area contributed by atoms with Crippen LogP contribution in [0.25, 0.3) is 0 Å². The third kappa shape index (κ3) is 4.88. The zero-order valence-electron chi connectivity index (χ0n) is 11.9. The highest BCUT2D eigenvalue weighted by Crippen LogP contribution is 2.23. The molecule has 0 aliphatic rings. The Balaban J connectivity index is 2.75. The van der Waals surface area contributed by atoms with Gasteiger partial charge in [-0.2, -0.15) is 0 Å². The molecule has 0 saturated carbocycles. The molecule has 0 aromatic heterocycles. The van der Waals surface area contributed by atoms with Gasteiger partial charge in [0.1, 0.15) is 5.75 Å². The smallest absolute Gasteiger partial charge is 0.318 e. The minimum Gasteiger partial charge on any atom is -0.492 e. The van der Waals surface area contributed by atoms with Crippen molar-refractivity contribution < 1.29 is 19.1 Å². The van der Waals surface area contributed by atoms with Crippen molar-refractivity contribution in [3.05, 3.63) is 24.3 Å². The van der Waals surface area contributed by atoms with E-state index >= 15 is 0 Å². The van der Waals surface area contributed by atoms with Gasteiger partial charge in [-0.1, -0.05) is 12.1 Å². The van der Waals surface area contributed by atoms with E-state index in [0.717, 1.165) is 4.90 Å². The SMILES string of the molecule is CCOc1ccccc1NC(=O)C(=O)N(C=O)CCCN. The van der Waals surface area contributed by atoms with Gasteiger partial charge < -0.3 is 15.8 Å². The highest BCUT2D eigenvalue weighted by Gasteiger charge is 2.22. The summed E-state index contributed by atoms with van der Waals surface area (Å²) in [6.07, 6.45) is 0.763. The fourth-order valence-corrected chi connectivity index (χ4v) is 1.62. The van der Waals surface area contributed by atoms with Crippen molar-refractivity contribution in [2.45, 2.75) is 13.3 Å². The monoisotopic (exact) mass is 293 g/mol. The molecule has 1 aromatic carbocycles. The zero-order valence-corrected chi connectivity index (χ0v) is 11.9. The predicted molar refractivity (Wildman–Crippen MR) is 77.7 cm³/mol. The molecule has 0 atom stereocenters. The van der Waals surface area contributed by atoms with E-state index in [4.69, 9.17) is 10.5 Å². The Hall–Kier alpha value is -2.41. The summed E-state index contributed by atoms with van der Waals surface area (Å²) in [4.78, 5) is 35.4. The predicted octanol–water partition coefficient (Wildman–Crippen LogP) is 0.358. The Bertz CT molecular complexity index is 505. The summed E-state index contributed by atoms with van der Waals surface area (Å²) in [7, 11) is 0. The zero-order chi connectivity index (χ0) is 15.7. The highest BCUT2D eigenvalue weighted by molar-refractivity contribution is 6.41. The number of imide groups is 1. The number of anilines is 1. The van der Waals surface area contributed by atoms with E-state index in [2.05, 4.69) is 5.32 Å². The van der Waals surface area contributed by atoms with Crippen LogP contribution in [0.4, 0.5) is 5.69 Å². The first kappa shape index (κ1) is 16.6. The molecule has 0 saturated heterocycles. The van der Waals surface area contributed by atoms with Crippen molar-refractivity contribution in [2.75, 3.05) is 25.0 Å². The van der Waals surface area contributed by atoms with E-state index in [1.54, 1.807) is 24.3 Å². The first-order valence-electron chi connectivity index (χ1n) is 6.63. The number of amides is 3. The van der Waals surface area contributed by atoms with E-state index in [1.807, 2.05) is 6.92 Å². The second-order valence-corrected chi connectivity index (χ2v) is 4.13. The van der Waals surface area contributed by atoms with Crippen molar-refractivity contribution in [1.82, 2.24) is 4.90 Å². The Kier molecular flexibility index (Phi) is 6.90. The molecule has 1 aromatic rings. The lowest BCUT2D eigenvalue weighted by Crippen LogP contribution is -2.40. The summed E-state index contributed by atoms with van der Waals surface area (Å²) < 4.78 is 5.34. The second kappa shape index (κ2) is 8.70. The summed E-state index contributed by atoms with van der Waals surface area (Å²) in [6.45, 7) is 2.67. The van der Waals surface area contributed by atoms with Crippen LogP contribution in [-0.4, -0.2) is 42.8 Å². The van der Waals surface area contributed by atoms with Gasteiger partial charge in [0.15, 0.2) is 0 Å². The number of rotatable bonds is 7. The number of nitrogens with zero attached hydrogens (tertiary/aromatic N) is 1. The molecule has 0 aliphatic heterocycles. The van der Waals surface area contributed by atoms with Crippen molar-refractivity contribution in [1.29, 1.82) is 0 Å². The highest BCUT2D eigenvalue weighted by atomic mass is 16.5. The standard InChI is InChI=1S/C14H19N3O4/c1-2-21-12-7-4-3-6-11(12)16-13(19)14(20)17(10-18)9-5-8-15/h3-4,6-7,10H,2,5,8-9,15H2,1H3,(H,16,19). The molecule has 0 bridgehead atoms. The van der Waals surface area contributed by atoms with Crippen LogP contribution in [0, 0.1) is 0 Å². The molecule has 0 spiro atoms. The Morgan fingerprint density at radius 3 is 2.71 bits per heavy atom. The van der Waals surface area contributed by atoms with Gasteiger partial charge in [-0.05, 0) is 32.0 Å². The number of para-hydroxylation sites is 2. The molecular formula is C14H19N3O4. The summed E-state index contributed by atoms with van der Waals surface area (Å²) >= 11 is 0. The molecule has 7 heteroatoms. The van der Waals surface area contributed by atoms with Gasteiger partial charge >= 0.3 is 11.8 Å². The van der Waals surface area contributed by atoms with Gasteiger partial charge in [-0.3, -0.25) is 19.3 Å². The lowest BCUT2D eigenvalue weighted by atomic mass is 10.3. The van der Waals surface area contributed by atoms with Crippen LogP contribution in [0.1, 0.15) is 13.3 Å². The van der Waals surface area contributed by atoms with E-state index in [-0.39, 0.29) is 6.54 Å². The Morgan fingerprint density at radius 2 is 2.10 bits per heavy atom. The molecule has 114 valence electrons. The van der Waals surface area contributed by atoms with Crippen LogP contribution >= 0.6 is 0 Å². The van der Waals surface area contributed by atoms with Crippen molar-refractivity contribution in [2.24, 2.45) is 5.73 Å². The molecule has 0 fully saturated rings. The van der Waals surface area contributed by atoms with Crippen LogP contribution in [0.15, 0.2) is 24.3 Å². The van der Waals surface area contributed by atoms with E-state index < -0.39 is 11.8 Å². The largest absolute Gasteiger partial charge is 0.492 e. The third-order valence-electron chi connectivity index (χ3n) is 2.62. The average Bonchev–Trinajstić information content (AvgIpc) is 2.50. The molecule has 0 aliphatic carbocycles. The number of hydrogen-bond donors (Lipinski definition) is 2. The van der Waals surface area contributed by atoms with Gasteiger partial charge in [0.2, 0.25) is 6.41 Å². The second-order valence-electron chi connectivity index (χ2n) is 4.13. The molecule has 3 N–H and O–H groups in total. The summed E-state index contributed by atoms with van der Waals surface area (Å²) in [6, 6.07) is 6.74. The van der Waals surface area contributed by atoms with Gasteiger partial charge in [-0.15, -0.1) is 0 Å². The molecule has 0 heterocycles. The number of carbonyl (C=O) groups is 3. The Morgan fingerprint density at radius 1 is 1.38 bits per heavy atom. The summed E-state index contributed by atoms with van der Waals surface area (Å²) in [5.41, 5.74) is 5.69. The maximum Gasteiger partial charge on any atom is 0.318 e. The number of nitrogens with two attached hydrogens (primary N) is 1. The fraction of sp³-hybridized carbons (Fsp3) is 0.357. The first-order valence-corrected chi connectivity index (χ1v) is 6.63. The van der Waals surface area contributed by atoms with Crippen LogP contribution in [0.2, 0.25) is 0 Å². The number of benzene rings is 1. The third-order valence-corrected chi connectivity index (χ3v) is 2.62. The van der Waals surface area contributed by atoms with Crippen molar-refractivity contribution in [3.63, 3.8) is 0 Å². The number of nitrogens with one attached hydrogen (secondary N) is 1. The molecule has 7 nitrogen and oxygen atoms in total. The van der Waals surface area contributed by atoms with Crippen molar-refractivity contribution >= 4 is 23.9 Å². The average molecular weight is 293 g/mol. The van der Waals surface area contributed by atoms with Gasteiger partial charge in [0.25, 0.3) is 0 Å². The molecule has 3 amide bonds. The number of ether oxygens (including phenoxy) is 1. The van der Waals surface area contributed by atoms with Crippen LogP contribution in [0.3, 0.4) is 0 Å². The van der Waals surface area contributed by atoms with E-state index in [1.165, 1.54) is 0 Å². The first-order chi connectivity index (χ1) is 10.1. The molecule has 1 rings (SSSR count). The summed E-state index contributed by atoms with van der Waals surface area (Å²) in [5, 5.41) is 2.44. The maximum atomic E-state index is 11.9. The maximum absolute atomic E-state index is 11.9. The van der Waals surface area contributed by atoms with Gasteiger partial charge in [0.05, 0.1) is 12.3 Å². The van der Waals surface area contributed by atoms with Gasteiger partial charge in [0, 0.05) is 6.54 Å². The van der Waals surface area contributed by atoms with Gasteiger partial charge in [-0.25, -0.2) is 0 Å². The molecule has 21 heavy (non-hydrogen) atoms. The number of carbonyl (C=O) groups excluding carboxylic acids is 3. The molecular weight excluding hydrogens is 274 g/mol. The van der Waals surface area contributed by atoms with Crippen molar-refractivity contribution in [3.8, 4) is 5.75 Å². The van der Waals surface area contributed by atoms with E-state index in [0.29, 0.717) is 37.4 Å². The lowest BCUT2D eigenvalue weighted by Gasteiger charge is -2.15. The lowest BCUT2D eigenvalue weighted by molar-refractivity contribution is -0.146. The van der Waals surface area contributed by atoms with Crippen LogP contribution in [0.5, 0.6) is 5.75 Å². The number of hydrogen-bond acceptors (Lipinski definition) is 5. The van der Waals surface area contributed by atoms with Crippen LogP contribution < -0.4 is 15.8 Å². The minimum absolute atomic E-state index is 0.110. The summed E-state index contributed by atoms with van der Waals surface area (Å²) in [5.74, 6) is -1.36. The normalized spacial score (nSPS) is 9.81. The quantitative estimate of drug-likeness (QED) is 0.558. The molecule has 0 radical (unpaired) electrons. The van der Waals surface area contributed by atoms with E-state index in [9.17, 15) is 14.4 Å².